The van der Waals surface area contributed by atoms with Crippen molar-refractivity contribution in [2.75, 3.05) is 5.32 Å². The van der Waals surface area contributed by atoms with E-state index in [1.54, 1.807) is 0 Å². The number of carbonyl (C=O) groups excluding carboxylic acids is 1. The molecule has 116 valence electrons. The number of anilines is 1. The molecule has 0 atom stereocenters. The highest BCUT2D eigenvalue weighted by Gasteiger charge is 2.31. The Hall–Kier alpha value is -1.37. The highest BCUT2D eigenvalue weighted by Crippen LogP contribution is 2.38. The van der Waals surface area contributed by atoms with Crippen LogP contribution in [0.1, 0.15) is 10.4 Å². The van der Waals surface area contributed by atoms with Gasteiger partial charge in [-0.1, -0.05) is 35.3 Å². The largest absolute Gasteiger partial charge is 0.446 e. The number of hydrogen-bond acceptors (Lipinski definition) is 2. The number of hydrogen-bond donors (Lipinski definition) is 1. The van der Waals surface area contributed by atoms with Crippen LogP contribution in [0.25, 0.3) is 0 Å². The van der Waals surface area contributed by atoms with E-state index in [9.17, 15) is 18.0 Å². The first-order valence-corrected chi connectivity index (χ1v) is 7.45. The molecule has 0 fully saturated rings. The molecule has 0 bridgehead atoms. The van der Waals surface area contributed by atoms with Gasteiger partial charge < -0.3 is 5.32 Å². The summed E-state index contributed by atoms with van der Waals surface area (Å²) in [4.78, 5) is 12.0. The lowest BCUT2D eigenvalue weighted by atomic mass is 10.2. The van der Waals surface area contributed by atoms with Crippen LogP contribution >= 0.6 is 35.0 Å². The molecule has 2 aromatic rings. The number of rotatable bonds is 3. The van der Waals surface area contributed by atoms with Crippen LogP contribution in [0.5, 0.6) is 0 Å². The first kappa shape index (κ1) is 17.0. The summed E-state index contributed by atoms with van der Waals surface area (Å²) in [6.45, 7) is 0. The lowest BCUT2D eigenvalue weighted by Crippen LogP contribution is -2.14. The van der Waals surface area contributed by atoms with Gasteiger partial charge in [-0.25, -0.2) is 0 Å². The Morgan fingerprint density at radius 3 is 2.45 bits per heavy atom. The molecule has 0 aliphatic carbocycles. The number of thioether (sulfide) groups is 1. The van der Waals surface area contributed by atoms with Crippen LogP contribution in [0.3, 0.4) is 0 Å². The van der Waals surface area contributed by atoms with E-state index in [0.717, 1.165) is 0 Å². The molecule has 8 heteroatoms. The lowest BCUT2D eigenvalue weighted by Gasteiger charge is -2.12. The Labute approximate surface area is 138 Å². The number of halogens is 5. The fourth-order valence-corrected chi connectivity index (χ4v) is 2.65. The Balaban J connectivity index is 2.28. The third-order valence-electron chi connectivity index (χ3n) is 2.53. The molecule has 0 aliphatic rings. The third-order valence-corrected chi connectivity index (χ3v) is 3.91. The summed E-state index contributed by atoms with van der Waals surface area (Å²) in [5.41, 5.74) is -4.35. The van der Waals surface area contributed by atoms with Gasteiger partial charge in [-0.05, 0) is 42.1 Å². The molecule has 0 heterocycles. The minimum Gasteiger partial charge on any atom is -0.321 e. The standard InChI is InChI=1S/C14H8Cl2F3NOS/c15-8-5-6-10(16)11(7-8)20-13(21)9-3-1-2-4-12(9)22-14(17,18)19/h1-7H,(H,20,21). The van der Waals surface area contributed by atoms with E-state index in [0.29, 0.717) is 5.02 Å². The average molecular weight is 366 g/mol. The van der Waals surface area contributed by atoms with E-state index in [2.05, 4.69) is 5.32 Å². The number of carbonyl (C=O) groups is 1. The fraction of sp³-hybridized carbons (Fsp3) is 0.0714. The normalized spacial score (nSPS) is 11.3. The predicted molar refractivity (Wildman–Crippen MR) is 82.8 cm³/mol. The van der Waals surface area contributed by atoms with Crippen LogP contribution in [-0.4, -0.2) is 11.4 Å². The molecule has 0 radical (unpaired) electrons. The van der Waals surface area contributed by atoms with Gasteiger partial charge in [0.05, 0.1) is 16.3 Å². The van der Waals surface area contributed by atoms with Gasteiger partial charge in [0.25, 0.3) is 5.91 Å². The summed E-state index contributed by atoms with van der Waals surface area (Å²) in [6.07, 6.45) is 0. The molecule has 2 aromatic carbocycles. The van der Waals surface area contributed by atoms with Crippen molar-refractivity contribution < 1.29 is 18.0 Å². The average Bonchev–Trinajstić information content (AvgIpc) is 2.41. The van der Waals surface area contributed by atoms with Crippen molar-refractivity contribution in [3.05, 3.63) is 58.1 Å². The van der Waals surface area contributed by atoms with Crippen LogP contribution in [0.4, 0.5) is 18.9 Å². The Bertz CT molecular complexity index is 707. The van der Waals surface area contributed by atoms with Gasteiger partial charge in [0.1, 0.15) is 0 Å². The van der Waals surface area contributed by atoms with Gasteiger partial charge in [-0.15, -0.1) is 0 Å². The van der Waals surface area contributed by atoms with Crippen molar-refractivity contribution in [2.45, 2.75) is 10.4 Å². The molecular formula is C14H8Cl2F3NOS. The summed E-state index contributed by atoms with van der Waals surface area (Å²) < 4.78 is 37.6. The van der Waals surface area contributed by atoms with Gasteiger partial charge in [0.2, 0.25) is 0 Å². The van der Waals surface area contributed by atoms with E-state index in [1.807, 2.05) is 0 Å². The van der Waals surface area contributed by atoms with E-state index in [-0.39, 0.29) is 32.9 Å². The second kappa shape index (κ2) is 6.81. The molecule has 0 spiro atoms. The smallest absolute Gasteiger partial charge is 0.321 e. The predicted octanol–water partition coefficient (Wildman–Crippen LogP) is 5.86. The molecule has 0 unspecified atom stereocenters. The fourth-order valence-electron chi connectivity index (χ4n) is 1.65. The Morgan fingerprint density at radius 1 is 1.09 bits per heavy atom. The van der Waals surface area contributed by atoms with Gasteiger partial charge in [0, 0.05) is 9.92 Å². The van der Waals surface area contributed by atoms with Crippen molar-refractivity contribution in [3.63, 3.8) is 0 Å². The summed E-state index contributed by atoms with van der Waals surface area (Å²) in [5, 5.41) is 3.04. The van der Waals surface area contributed by atoms with E-state index >= 15 is 0 Å². The second-order valence-corrected chi connectivity index (χ2v) is 6.07. The monoisotopic (exact) mass is 365 g/mol. The summed E-state index contributed by atoms with van der Waals surface area (Å²) in [5.74, 6) is -0.698. The number of amides is 1. The van der Waals surface area contributed by atoms with Gasteiger partial charge >= 0.3 is 5.51 Å². The maximum absolute atomic E-state index is 12.5. The number of benzene rings is 2. The second-order valence-electron chi connectivity index (χ2n) is 4.12. The SMILES string of the molecule is O=C(Nc1cc(Cl)ccc1Cl)c1ccccc1SC(F)(F)F. The molecular weight excluding hydrogens is 358 g/mol. The molecule has 0 aliphatic heterocycles. The number of alkyl halides is 3. The zero-order valence-corrected chi connectivity index (χ0v) is 13.1. The zero-order valence-electron chi connectivity index (χ0n) is 10.7. The van der Waals surface area contributed by atoms with Crippen molar-refractivity contribution in [2.24, 2.45) is 0 Å². The minimum atomic E-state index is -4.48. The molecule has 0 aromatic heterocycles. The lowest BCUT2D eigenvalue weighted by molar-refractivity contribution is -0.0328. The molecule has 1 N–H and O–H groups in total. The van der Waals surface area contributed by atoms with Crippen molar-refractivity contribution in [3.8, 4) is 0 Å². The van der Waals surface area contributed by atoms with E-state index in [1.165, 1.54) is 42.5 Å². The first-order valence-electron chi connectivity index (χ1n) is 5.87. The maximum Gasteiger partial charge on any atom is 0.446 e. The minimum absolute atomic E-state index is 0.0964. The van der Waals surface area contributed by atoms with Crippen LogP contribution in [-0.2, 0) is 0 Å². The summed E-state index contributed by atoms with van der Waals surface area (Å²) in [7, 11) is 0. The van der Waals surface area contributed by atoms with Crippen molar-refractivity contribution in [1.29, 1.82) is 0 Å². The third kappa shape index (κ3) is 4.56. The van der Waals surface area contributed by atoms with E-state index in [4.69, 9.17) is 23.2 Å². The van der Waals surface area contributed by atoms with Crippen molar-refractivity contribution in [1.82, 2.24) is 0 Å². The van der Waals surface area contributed by atoms with Crippen LogP contribution in [0.2, 0.25) is 10.0 Å². The molecule has 0 saturated heterocycles. The van der Waals surface area contributed by atoms with Crippen molar-refractivity contribution >= 4 is 46.6 Å². The van der Waals surface area contributed by atoms with Gasteiger partial charge in [-0.2, -0.15) is 13.2 Å². The Morgan fingerprint density at radius 2 is 1.77 bits per heavy atom. The van der Waals surface area contributed by atoms with Crippen LogP contribution in [0, 0.1) is 0 Å². The van der Waals surface area contributed by atoms with E-state index < -0.39 is 11.4 Å². The maximum atomic E-state index is 12.5. The van der Waals surface area contributed by atoms with Gasteiger partial charge in [0.15, 0.2) is 0 Å². The highest BCUT2D eigenvalue weighted by molar-refractivity contribution is 8.00. The van der Waals surface area contributed by atoms with Crippen LogP contribution < -0.4 is 5.32 Å². The molecule has 2 rings (SSSR count). The number of nitrogens with one attached hydrogen (secondary N) is 1. The molecule has 2 nitrogen and oxygen atoms in total. The molecule has 1 amide bonds. The molecule has 22 heavy (non-hydrogen) atoms. The van der Waals surface area contributed by atoms with Crippen LogP contribution in [0.15, 0.2) is 47.4 Å². The highest BCUT2D eigenvalue weighted by atomic mass is 35.5. The summed E-state index contributed by atoms with van der Waals surface area (Å²) >= 11 is 11.4. The first-order chi connectivity index (χ1) is 10.3. The zero-order chi connectivity index (χ0) is 16.3. The van der Waals surface area contributed by atoms with Gasteiger partial charge in [-0.3, -0.25) is 4.79 Å². The molecule has 0 saturated carbocycles. The quantitative estimate of drug-likeness (QED) is 0.690. The summed E-state index contributed by atoms with van der Waals surface area (Å²) in [6, 6.07) is 9.88. The topological polar surface area (TPSA) is 29.1 Å². The Kier molecular flexibility index (Phi) is 5.26.